The van der Waals surface area contributed by atoms with Gasteiger partial charge in [0.1, 0.15) is 5.82 Å². The Morgan fingerprint density at radius 3 is 2.96 bits per heavy atom. The molecule has 1 aliphatic heterocycles. The second-order valence-electron chi connectivity index (χ2n) is 5.85. The first-order valence-corrected chi connectivity index (χ1v) is 8.22. The molecular formula is C17H21ClN4O. The van der Waals surface area contributed by atoms with E-state index in [1.807, 2.05) is 26.0 Å². The van der Waals surface area contributed by atoms with Gasteiger partial charge in [0.25, 0.3) is 0 Å². The van der Waals surface area contributed by atoms with Crippen LogP contribution in [0.15, 0.2) is 24.4 Å². The maximum absolute atomic E-state index is 6.33. The van der Waals surface area contributed by atoms with E-state index in [1.54, 1.807) is 6.20 Å². The summed E-state index contributed by atoms with van der Waals surface area (Å²) in [5, 5.41) is 7.20. The highest BCUT2D eigenvalue weighted by Crippen LogP contribution is 2.29. The third kappa shape index (κ3) is 4.12. The fraction of sp³-hybridized carbons (Fsp3) is 0.412. The van der Waals surface area contributed by atoms with Crippen molar-refractivity contribution in [3.8, 4) is 0 Å². The third-order valence-electron chi connectivity index (χ3n) is 3.85. The van der Waals surface area contributed by atoms with Crippen molar-refractivity contribution in [2.45, 2.75) is 32.8 Å². The minimum atomic E-state index is 0.254. The highest BCUT2D eigenvalue weighted by molar-refractivity contribution is 6.33. The number of rotatable bonds is 5. The van der Waals surface area contributed by atoms with Gasteiger partial charge >= 0.3 is 0 Å². The maximum Gasteiger partial charge on any atom is 0.224 e. The van der Waals surface area contributed by atoms with Gasteiger partial charge in [-0.25, -0.2) is 4.98 Å². The number of aryl methyl sites for hydroxylation is 2. The first-order chi connectivity index (χ1) is 11.1. The van der Waals surface area contributed by atoms with Gasteiger partial charge in [-0.2, -0.15) is 4.98 Å². The van der Waals surface area contributed by atoms with Crippen LogP contribution >= 0.6 is 11.6 Å². The number of nitrogens with zero attached hydrogens (tertiary/aromatic N) is 2. The van der Waals surface area contributed by atoms with Crippen molar-refractivity contribution in [1.29, 1.82) is 0 Å². The monoisotopic (exact) mass is 332 g/mol. The van der Waals surface area contributed by atoms with Gasteiger partial charge in [0.2, 0.25) is 5.95 Å². The van der Waals surface area contributed by atoms with Crippen molar-refractivity contribution in [3.05, 3.63) is 40.5 Å². The Morgan fingerprint density at radius 2 is 2.22 bits per heavy atom. The molecule has 122 valence electrons. The van der Waals surface area contributed by atoms with Crippen molar-refractivity contribution in [2.75, 3.05) is 23.8 Å². The molecule has 1 aliphatic rings. The molecular weight excluding hydrogens is 312 g/mol. The van der Waals surface area contributed by atoms with Crippen LogP contribution in [0.3, 0.4) is 0 Å². The molecule has 0 aliphatic carbocycles. The quantitative estimate of drug-likeness (QED) is 0.864. The van der Waals surface area contributed by atoms with Gasteiger partial charge in [-0.3, -0.25) is 0 Å². The zero-order valence-corrected chi connectivity index (χ0v) is 14.2. The number of hydrogen-bond acceptors (Lipinski definition) is 5. The van der Waals surface area contributed by atoms with Crippen molar-refractivity contribution in [2.24, 2.45) is 0 Å². The SMILES string of the molecule is Cc1cc(C)c(Nc2ccnc(NCC3CCCO3)n2)c(Cl)c1. The average Bonchev–Trinajstić information content (AvgIpc) is 3.03. The standard InChI is InChI=1S/C17H21ClN4O/c1-11-8-12(2)16(14(18)9-11)21-15-5-6-19-17(22-15)20-10-13-4-3-7-23-13/h5-6,8-9,13H,3-4,7,10H2,1-2H3,(H2,19,20,21,22). The van der Waals surface area contributed by atoms with E-state index < -0.39 is 0 Å². The van der Waals surface area contributed by atoms with Gasteiger partial charge in [-0.15, -0.1) is 0 Å². The second-order valence-corrected chi connectivity index (χ2v) is 6.25. The predicted octanol–water partition coefficient (Wildman–Crippen LogP) is 4.08. The first-order valence-electron chi connectivity index (χ1n) is 7.84. The lowest BCUT2D eigenvalue weighted by Crippen LogP contribution is -2.19. The Bertz CT molecular complexity index is 663. The highest BCUT2D eigenvalue weighted by Gasteiger charge is 2.15. The molecule has 5 nitrogen and oxygen atoms in total. The molecule has 0 bridgehead atoms. The van der Waals surface area contributed by atoms with Crippen LogP contribution in [-0.2, 0) is 4.74 Å². The average molecular weight is 333 g/mol. The van der Waals surface area contributed by atoms with Crippen LogP contribution in [0.2, 0.25) is 5.02 Å². The number of benzene rings is 1. The van der Waals surface area contributed by atoms with Crippen LogP contribution in [0.5, 0.6) is 0 Å². The summed E-state index contributed by atoms with van der Waals surface area (Å²) in [6, 6.07) is 5.85. The Morgan fingerprint density at radius 1 is 1.35 bits per heavy atom. The van der Waals surface area contributed by atoms with E-state index in [-0.39, 0.29) is 6.10 Å². The van der Waals surface area contributed by atoms with Crippen molar-refractivity contribution < 1.29 is 4.74 Å². The summed E-state index contributed by atoms with van der Waals surface area (Å²) in [6.07, 6.45) is 4.19. The summed E-state index contributed by atoms with van der Waals surface area (Å²) in [4.78, 5) is 8.74. The molecule has 23 heavy (non-hydrogen) atoms. The summed E-state index contributed by atoms with van der Waals surface area (Å²) in [5.74, 6) is 1.30. The summed E-state index contributed by atoms with van der Waals surface area (Å²) in [5.41, 5.74) is 3.10. The first kappa shape index (κ1) is 16.0. The van der Waals surface area contributed by atoms with Crippen molar-refractivity contribution in [3.63, 3.8) is 0 Å². The molecule has 1 fully saturated rings. The lowest BCUT2D eigenvalue weighted by molar-refractivity contribution is 0.120. The number of hydrogen-bond donors (Lipinski definition) is 2. The normalized spacial score (nSPS) is 17.3. The molecule has 1 aromatic carbocycles. The number of aromatic nitrogens is 2. The molecule has 0 spiro atoms. The fourth-order valence-corrected chi connectivity index (χ4v) is 3.09. The molecule has 0 saturated carbocycles. The molecule has 2 aromatic rings. The second kappa shape index (κ2) is 7.15. The van der Waals surface area contributed by atoms with Crippen molar-refractivity contribution in [1.82, 2.24) is 9.97 Å². The van der Waals surface area contributed by atoms with Crippen molar-refractivity contribution >= 4 is 29.1 Å². The third-order valence-corrected chi connectivity index (χ3v) is 4.15. The van der Waals surface area contributed by atoms with Gasteiger partial charge in [-0.1, -0.05) is 17.7 Å². The molecule has 0 amide bonds. The van der Waals surface area contributed by atoms with E-state index in [0.717, 1.165) is 42.8 Å². The molecule has 3 rings (SSSR count). The summed E-state index contributed by atoms with van der Waals surface area (Å²) in [7, 11) is 0. The van der Waals surface area contributed by atoms with E-state index in [9.17, 15) is 0 Å². The predicted molar refractivity (Wildman–Crippen MR) is 93.7 cm³/mol. The molecule has 2 heterocycles. The topological polar surface area (TPSA) is 59.1 Å². The number of nitrogens with one attached hydrogen (secondary N) is 2. The molecule has 1 unspecified atom stereocenters. The Hall–Kier alpha value is -1.85. The largest absolute Gasteiger partial charge is 0.376 e. The minimum absolute atomic E-state index is 0.254. The van der Waals surface area contributed by atoms with Crippen LogP contribution in [0.4, 0.5) is 17.5 Å². The van der Waals surface area contributed by atoms with Crippen LogP contribution in [0.25, 0.3) is 0 Å². The minimum Gasteiger partial charge on any atom is -0.376 e. The van der Waals surface area contributed by atoms with Crippen LogP contribution in [0.1, 0.15) is 24.0 Å². The molecule has 1 atom stereocenters. The molecule has 1 aromatic heterocycles. The van der Waals surface area contributed by atoms with E-state index >= 15 is 0 Å². The Balaban J connectivity index is 1.70. The molecule has 0 radical (unpaired) electrons. The summed E-state index contributed by atoms with van der Waals surface area (Å²) in [6.45, 7) is 5.63. The van der Waals surface area contributed by atoms with Crippen LogP contribution < -0.4 is 10.6 Å². The summed E-state index contributed by atoms with van der Waals surface area (Å²) >= 11 is 6.33. The molecule has 6 heteroatoms. The van der Waals surface area contributed by atoms with Gasteiger partial charge in [-0.05, 0) is 49.9 Å². The molecule has 1 saturated heterocycles. The molecule has 2 N–H and O–H groups in total. The fourth-order valence-electron chi connectivity index (χ4n) is 2.73. The van der Waals surface area contributed by atoms with Gasteiger partial charge in [0.15, 0.2) is 0 Å². The Labute approximate surface area is 141 Å². The maximum atomic E-state index is 6.33. The van der Waals surface area contributed by atoms with E-state index in [4.69, 9.17) is 16.3 Å². The van der Waals surface area contributed by atoms with Gasteiger partial charge in [0.05, 0.1) is 16.8 Å². The van der Waals surface area contributed by atoms with E-state index in [0.29, 0.717) is 16.8 Å². The highest BCUT2D eigenvalue weighted by atomic mass is 35.5. The zero-order valence-electron chi connectivity index (χ0n) is 13.4. The lowest BCUT2D eigenvalue weighted by Gasteiger charge is -2.14. The summed E-state index contributed by atoms with van der Waals surface area (Å²) < 4.78 is 5.59. The van der Waals surface area contributed by atoms with Crippen LogP contribution in [0, 0.1) is 13.8 Å². The van der Waals surface area contributed by atoms with Gasteiger partial charge < -0.3 is 15.4 Å². The Kier molecular flexibility index (Phi) is 4.98. The van der Waals surface area contributed by atoms with Gasteiger partial charge in [0, 0.05) is 19.3 Å². The van der Waals surface area contributed by atoms with Crippen LogP contribution in [-0.4, -0.2) is 29.2 Å². The van der Waals surface area contributed by atoms with E-state index in [1.165, 1.54) is 0 Å². The number of halogens is 1. The number of ether oxygens (including phenoxy) is 1. The smallest absolute Gasteiger partial charge is 0.224 e. The van der Waals surface area contributed by atoms with E-state index in [2.05, 4.69) is 26.7 Å². The number of anilines is 3. The lowest BCUT2D eigenvalue weighted by atomic mass is 10.1. The zero-order chi connectivity index (χ0) is 16.2.